The Morgan fingerprint density at radius 2 is 2.00 bits per heavy atom. The molecule has 0 unspecified atom stereocenters. The van der Waals surface area contributed by atoms with Gasteiger partial charge in [-0.3, -0.25) is 0 Å². The summed E-state index contributed by atoms with van der Waals surface area (Å²) in [5, 5.41) is 20.6. The average Bonchev–Trinajstić information content (AvgIpc) is 2.96. The first-order valence-electron chi connectivity index (χ1n) is 7.84. The molecule has 0 aliphatic heterocycles. The minimum atomic E-state index is -0.701. The lowest BCUT2D eigenvalue weighted by Gasteiger charge is -2.15. The maximum absolute atomic E-state index is 11.7. The van der Waals surface area contributed by atoms with Crippen LogP contribution in [0.5, 0.6) is 11.5 Å². The Hall–Kier alpha value is -2.50. The van der Waals surface area contributed by atoms with E-state index in [1.165, 1.54) is 12.7 Å². The average molecular weight is 333 g/mol. The summed E-state index contributed by atoms with van der Waals surface area (Å²) in [4.78, 5) is 15.8. The monoisotopic (exact) mass is 333 g/mol. The number of carbonyl (C=O) groups excluding carboxylic acids is 1. The first-order valence-corrected chi connectivity index (χ1v) is 7.84. The van der Waals surface area contributed by atoms with E-state index in [2.05, 4.69) is 15.8 Å². The van der Waals surface area contributed by atoms with Gasteiger partial charge in [0.25, 0.3) is 0 Å². The molecule has 2 rings (SSSR count). The summed E-state index contributed by atoms with van der Waals surface area (Å²) in [5.74, 6) is -1.45. The highest BCUT2D eigenvalue weighted by Crippen LogP contribution is 2.44. The molecule has 2 N–H and O–H groups in total. The summed E-state index contributed by atoms with van der Waals surface area (Å²) in [6.07, 6.45) is 3.70. The Kier molecular flexibility index (Phi) is 5.17. The lowest BCUT2D eigenvalue weighted by molar-refractivity contribution is 0.0558. The van der Waals surface area contributed by atoms with Crippen molar-refractivity contribution in [1.29, 1.82) is 0 Å². The van der Waals surface area contributed by atoms with Crippen molar-refractivity contribution in [2.75, 3.05) is 7.11 Å². The van der Waals surface area contributed by atoms with Gasteiger partial charge in [0, 0.05) is 11.1 Å². The molecule has 0 fully saturated rings. The summed E-state index contributed by atoms with van der Waals surface area (Å²) >= 11 is 0. The molecule has 0 spiro atoms. The van der Waals surface area contributed by atoms with Crippen LogP contribution in [-0.4, -0.2) is 28.3 Å². The number of aromatic nitrogens is 1. The number of benzene rings is 1. The number of hydrogen-bond acceptors (Lipinski definition) is 6. The molecule has 1 heterocycles. The number of ether oxygens (including phenoxy) is 1. The molecule has 0 aliphatic carbocycles. The van der Waals surface area contributed by atoms with Gasteiger partial charge in [-0.2, -0.15) is 0 Å². The number of phenolic OH excluding ortho intramolecular Hbond substituents is 2. The van der Waals surface area contributed by atoms with Crippen LogP contribution in [-0.2, 0) is 4.74 Å². The number of aromatic hydroxyl groups is 2. The van der Waals surface area contributed by atoms with Crippen molar-refractivity contribution in [2.24, 2.45) is 0 Å². The second-order valence-electron chi connectivity index (χ2n) is 6.18. The SMILES string of the molecule is COC(=O)c1nc2c(C)c(O)c(O)c([C@H](C)CCC=C(C)C)c2o1. The lowest BCUT2D eigenvalue weighted by Crippen LogP contribution is -2.00. The predicted octanol–water partition coefficient (Wildman–Crippen LogP) is 4.18. The summed E-state index contributed by atoms with van der Waals surface area (Å²) in [6, 6.07) is 0. The Bertz CT molecular complexity index is 800. The molecule has 0 radical (unpaired) electrons. The normalized spacial score (nSPS) is 12.2. The van der Waals surface area contributed by atoms with E-state index in [9.17, 15) is 15.0 Å². The minimum Gasteiger partial charge on any atom is -0.504 e. The molecule has 0 amide bonds. The number of aryl methyl sites for hydroxylation is 1. The van der Waals surface area contributed by atoms with Crippen LogP contribution < -0.4 is 0 Å². The number of nitrogens with zero attached hydrogens (tertiary/aromatic N) is 1. The van der Waals surface area contributed by atoms with Gasteiger partial charge in [-0.1, -0.05) is 18.6 Å². The summed E-state index contributed by atoms with van der Waals surface area (Å²) in [5.41, 5.74) is 2.71. The van der Waals surface area contributed by atoms with Gasteiger partial charge in [0.15, 0.2) is 17.1 Å². The number of phenols is 2. The van der Waals surface area contributed by atoms with Gasteiger partial charge in [0.2, 0.25) is 0 Å². The third kappa shape index (κ3) is 3.22. The quantitative estimate of drug-likeness (QED) is 0.484. The zero-order valence-electron chi connectivity index (χ0n) is 14.6. The molecular weight excluding hydrogens is 310 g/mol. The molecule has 2 aromatic rings. The fourth-order valence-corrected chi connectivity index (χ4v) is 2.68. The van der Waals surface area contributed by atoms with Crippen LogP contribution in [0.4, 0.5) is 0 Å². The van der Waals surface area contributed by atoms with E-state index in [0.29, 0.717) is 22.2 Å². The second-order valence-corrected chi connectivity index (χ2v) is 6.18. The van der Waals surface area contributed by atoms with Crippen molar-refractivity contribution in [2.45, 2.75) is 46.5 Å². The van der Waals surface area contributed by atoms with E-state index in [1.807, 2.05) is 20.8 Å². The molecule has 6 nitrogen and oxygen atoms in total. The number of rotatable bonds is 5. The van der Waals surface area contributed by atoms with E-state index >= 15 is 0 Å². The largest absolute Gasteiger partial charge is 0.504 e. The molecule has 24 heavy (non-hydrogen) atoms. The maximum atomic E-state index is 11.7. The van der Waals surface area contributed by atoms with E-state index in [4.69, 9.17) is 4.42 Å². The van der Waals surface area contributed by atoms with Crippen LogP contribution >= 0.6 is 0 Å². The van der Waals surface area contributed by atoms with Gasteiger partial charge < -0.3 is 19.4 Å². The molecule has 130 valence electrons. The predicted molar refractivity (Wildman–Crippen MR) is 90.5 cm³/mol. The van der Waals surface area contributed by atoms with Crippen LogP contribution in [0.25, 0.3) is 11.1 Å². The summed E-state index contributed by atoms with van der Waals surface area (Å²) < 4.78 is 10.2. The van der Waals surface area contributed by atoms with Crippen LogP contribution in [0, 0.1) is 6.92 Å². The fraction of sp³-hybridized carbons (Fsp3) is 0.444. The molecule has 0 saturated carbocycles. The molecule has 1 aromatic heterocycles. The third-order valence-corrected chi connectivity index (χ3v) is 4.07. The van der Waals surface area contributed by atoms with Gasteiger partial charge in [-0.05, 0) is 39.5 Å². The van der Waals surface area contributed by atoms with Crippen molar-refractivity contribution in [3.05, 3.63) is 28.7 Å². The van der Waals surface area contributed by atoms with E-state index in [0.717, 1.165) is 12.8 Å². The standard InChI is InChI=1S/C18H23NO5/c1-9(2)7-6-8-10(3)12-15(21)14(20)11(4)13-16(12)24-17(19-13)18(22)23-5/h7,10,20-21H,6,8H2,1-5H3/t10-/m1/s1. The number of allylic oxidation sites excluding steroid dienone is 2. The number of oxazole rings is 1. The highest BCUT2D eigenvalue weighted by Gasteiger charge is 2.26. The third-order valence-electron chi connectivity index (χ3n) is 4.07. The molecular formula is C18H23NO5. The molecule has 0 bridgehead atoms. The van der Waals surface area contributed by atoms with Gasteiger partial charge in [-0.15, -0.1) is 0 Å². The number of hydrogen-bond donors (Lipinski definition) is 2. The van der Waals surface area contributed by atoms with Gasteiger partial charge >= 0.3 is 11.9 Å². The van der Waals surface area contributed by atoms with Crippen molar-refractivity contribution in [3.8, 4) is 11.5 Å². The minimum absolute atomic E-state index is 0.0898. The molecule has 0 aliphatic rings. The van der Waals surface area contributed by atoms with E-state index in [1.54, 1.807) is 6.92 Å². The number of methoxy groups -OCH3 is 1. The Morgan fingerprint density at radius 3 is 2.58 bits per heavy atom. The van der Waals surface area contributed by atoms with Crippen LogP contribution in [0.2, 0.25) is 0 Å². The molecule has 0 saturated heterocycles. The smallest absolute Gasteiger partial charge is 0.394 e. The van der Waals surface area contributed by atoms with Gasteiger partial charge in [0.1, 0.15) is 5.52 Å². The van der Waals surface area contributed by atoms with Crippen LogP contribution in [0.1, 0.15) is 61.3 Å². The fourth-order valence-electron chi connectivity index (χ4n) is 2.68. The Morgan fingerprint density at radius 1 is 1.33 bits per heavy atom. The highest BCUT2D eigenvalue weighted by atomic mass is 16.5. The maximum Gasteiger partial charge on any atom is 0.394 e. The number of fused-ring (bicyclic) bond motifs is 1. The Balaban J connectivity index is 2.56. The molecule has 1 atom stereocenters. The highest BCUT2D eigenvalue weighted by molar-refractivity contribution is 5.92. The second kappa shape index (κ2) is 6.95. The number of carbonyl (C=O) groups is 1. The van der Waals surface area contributed by atoms with Crippen molar-refractivity contribution in [3.63, 3.8) is 0 Å². The van der Waals surface area contributed by atoms with Crippen molar-refractivity contribution >= 4 is 17.1 Å². The van der Waals surface area contributed by atoms with Crippen LogP contribution in [0.3, 0.4) is 0 Å². The molecule has 6 heteroatoms. The summed E-state index contributed by atoms with van der Waals surface area (Å²) in [7, 11) is 1.24. The van der Waals surface area contributed by atoms with Crippen LogP contribution in [0.15, 0.2) is 16.1 Å². The van der Waals surface area contributed by atoms with E-state index in [-0.39, 0.29) is 23.3 Å². The number of esters is 1. The van der Waals surface area contributed by atoms with Gasteiger partial charge in [0.05, 0.1) is 7.11 Å². The van der Waals surface area contributed by atoms with Crippen molar-refractivity contribution in [1.82, 2.24) is 4.98 Å². The first kappa shape index (κ1) is 17.8. The first-order chi connectivity index (χ1) is 11.3. The topological polar surface area (TPSA) is 92.8 Å². The Labute approximate surface area is 140 Å². The lowest BCUT2D eigenvalue weighted by atomic mass is 9.92. The van der Waals surface area contributed by atoms with E-state index < -0.39 is 5.97 Å². The van der Waals surface area contributed by atoms with Crippen molar-refractivity contribution < 1.29 is 24.2 Å². The summed E-state index contributed by atoms with van der Waals surface area (Å²) in [6.45, 7) is 7.59. The molecule has 1 aromatic carbocycles. The van der Waals surface area contributed by atoms with Gasteiger partial charge in [-0.25, -0.2) is 9.78 Å². The zero-order valence-corrected chi connectivity index (χ0v) is 14.6. The zero-order chi connectivity index (χ0) is 18.0.